The number of carbonyl (C=O) groups is 1. The predicted octanol–water partition coefficient (Wildman–Crippen LogP) is 1.43. The number of aliphatic hydroxyl groups is 1. The van der Waals surface area contributed by atoms with Crippen molar-refractivity contribution in [3.05, 3.63) is 24.3 Å². The number of benzene rings is 1. The molecule has 0 unspecified atom stereocenters. The Labute approximate surface area is 95.5 Å². The molecule has 0 bridgehead atoms. The smallest absolute Gasteiger partial charge is 0.226 e. The second-order valence-corrected chi connectivity index (χ2v) is 3.45. The number of para-hydroxylation sites is 2. The number of aliphatic hydroxyl groups excluding tert-OH is 1. The molecule has 1 amide bonds. The van der Waals surface area contributed by atoms with Crippen molar-refractivity contribution in [2.24, 2.45) is 0 Å². The van der Waals surface area contributed by atoms with Gasteiger partial charge in [-0.1, -0.05) is 12.1 Å². The molecule has 0 aliphatic rings. The minimum atomic E-state index is -0.0291. The molecule has 0 heterocycles. The fraction of sp³-hybridized carbons (Fsp3) is 0.417. The van der Waals surface area contributed by atoms with E-state index in [-0.39, 0.29) is 12.5 Å². The Morgan fingerprint density at radius 1 is 1.44 bits per heavy atom. The van der Waals surface area contributed by atoms with Crippen LogP contribution in [0.2, 0.25) is 0 Å². The quantitative estimate of drug-likeness (QED) is 0.821. The van der Waals surface area contributed by atoms with Crippen LogP contribution in [0.5, 0.6) is 5.75 Å². The standard InChI is InChI=1S/C12H17NO3/c1-13(12(15)8-5-9-14)10-6-3-4-7-11(10)16-2/h3-4,6-7,14H,5,8-9H2,1-2H3. The zero-order valence-electron chi connectivity index (χ0n) is 9.64. The van der Waals surface area contributed by atoms with Crippen LogP contribution in [0, 0.1) is 0 Å². The van der Waals surface area contributed by atoms with Gasteiger partial charge >= 0.3 is 0 Å². The number of nitrogens with zero attached hydrogens (tertiary/aromatic N) is 1. The van der Waals surface area contributed by atoms with E-state index >= 15 is 0 Å². The first-order valence-electron chi connectivity index (χ1n) is 5.21. The molecule has 4 nitrogen and oxygen atoms in total. The SMILES string of the molecule is COc1ccccc1N(C)C(=O)CCCO. The van der Waals surface area contributed by atoms with Crippen LogP contribution >= 0.6 is 0 Å². The van der Waals surface area contributed by atoms with E-state index in [9.17, 15) is 4.79 Å². The van der Waals surface area contributed by atoms with Crippen LogP contribution in [0.15, 0.2) is 24.3 Å². The van der Waals surface area contributed by atoms with Crippen LogP contribution in [-0.2, 0) is 4.79 Å². The van der Waals surface area contributed by atoms with Gasteiger partial charge in [0, 0.05) is 20.1 Å². The van der Waals surface area contributed by atoms with Crippen LogP contribution in [-0.4, -0.2) is 31.8 Å². The largest absolute Gasteiger partial charge is 0.495 e. The van der Waals surface area contributed by atoms with E-state index in [2.05, 4.69) is 0 Å². The molecule has 0 aromatic heterocycles. The topological polar surface area (TPSA) is 49.8 Å². The molecule has 16 heavy (non-hydrogen) atoms. The zero-order valence-corrected chi connectivity index (χ0v) is 9.64. The molecule has 1 aromatic carbocycles. The van der Waals surface area contributed by atoms with Gasteiger partial charge in [-0.2, -0.15) is 0 Å². The Kier molecular flexibility index (Phi) is 4.79. The summed E-state index contributed by atoms with van der Waals surface area (Å²) in [5.41, 5.74) is 0.743. The fourth-order valence-corrected chi connectivity index (χ4v) is 1.44. The lowest BCUT2D eigenvalue weighted by Crippen LogP contribution is -2.26. The molecule has 1 aromatic rings. The van der Waals surface area contributed by atoms with Gasteiger partial charge in [0.2, 0.25) is 5.91 Å². The van der Waals surface area contributed by atoms with Crippen molar-refractivity contribution in [2.75, 3.05) is 25.7 Å². The number of anilines is 1. The molecule has 88 valence electrons. The molecule has 0 fully saturated rings. The monoisotopic (exact) mass is 223 g/mol. The lowest BCUT2D eigenvalue weighted by Gasteiger charge is -2.19. The summed E-state index contributed by atoms with van der Waals surface area (Å²) in [4.78, 5) is 13.3. The van der Waals surface area contributed by atoms with Crippen LogP contribution in [0.1, 0.15) is 12.8 Å². The summed E-state index contributed by atoms with van der Waals surface area (Å²) in [6.45, 7) is 0.0332. The maximum absolute atomic E-state index is 11.7. The van der Waals surface area contributed by atoms with Gasteiger partial charge in [0.25, 0.3) is 0 Å². The van der Waals surface area contributed by atoms with Crippen molar-refractivity contribution in [1.29, 1.82) is 0 Å². The van der Waals surface area contributed by atoms with E-state index in [1.54, 1.807) is 19.1 Å². The molecular weight excluding hydrogens is 206 g/mol. The maximum Gasteiger partial charge on any atom is 0.226 e. The summed E-state index contributed by atoms with van der Waals surface area (Å²) in [7, 11) is 3.28. The molecule has 0 spiro atoms. The number of amides is 1. The summed E-state index contributed by atoms with van der Waals surface area (Å²) in [6.07, 6.45) is 0.823. The molecule has 0 saturated heterocycles. The third kappa shape index (κ3) is 2.97. The Morgan fingerprint density at radius 3 is 2.75 bits per heavy atom. The normalized spacial score (nSPS) is 9.94. The summed E-state index contributed by atoms with van der Waals surface area (Å²) in [5, 5.41) is 8.67. The maximum atomic E-state index is 11.7. The van der Waals surface area contributed by atoms with Crippen molar-refractivity contribution >= 4 is 11.6 Å². The average Bonchev–Trinajstić information content (AvgIpc) is 2.34. The molecule has 0 atom stereocenters. The second-order valence-electron chi connectivity index (χ2n) is 3.45. The zero-order chi connectivity index (χ0) is 12.0. The molecule has 0 aliphatic carbocycles. The van der Waals surface area contributed by atoms with Gasteiger partial charge in [0.15, 0.2) is 0 Å². The highest BCUT2D eigenvalue weighted by Gasteiger charge is 2.13. The number of hydrogen-bond acceptors (Lipinski definition) is 3. The van der Waals surface area contributed by atoms with Crippen molar-refractivity contribution in [3.63, 3.8) is 0 Å². The van der Waals surface area contributed by atoms with E-state index in [0.717, 1.165) is 5.69 Å². The van der Waals surface area contributed by atoms with Gasteiger partial charge in [0.05, 0.1) is 12.8 Å². The van der Waals surface area contributed by atoms with Gasteiger partial charge in [-0.25, -0.2) is 0 Å². The number of methoxy groups -OCH3 is 1. The summed E-state index contributed by atoms with van der Waals surface area (Å²) >= 11 is 0. The Morgan fingerprint density at radius 2 is 2.12 bits per heavy atom. The number of hydrogen-bond donors (Lipinski definition) is 1. The molecular formula is C12H17NO3. The Balaban J connectivity index is 2.78. The number of carbonyl (C=O) groups excluding carboxylic acids is 1. The second kappa shape index (κ2) is 6.12. The molecule has 0 aliphatic heterocycles. The van der Waals surface area contributed by atoms with Crippen LogP contribution < -0.4 is 9.64 Å². The van der Waals surface area contributed by atoms with Crippen molar-refractivity contribution in [1.82, 2.24) is 0 Å². The lowest BCUT2D eigenvalue weighted by molar-refractivity contribution is -0.118. The van der Waals surface area contributed by atoms with E-state index in [0.29, 0.717) is 18.6 Å². The molecule has 1 rings (SSSR count). The van der Waals surface area contributed by atoms with Gasteiger partial charge in [0.1, 0.15) is 5.75 Å². The Bertz CT molecular complexity index is 352. The number of ether oxygens (including phenoxy) is 1. The Hall–Kier alpha value is -1.55. The molecule has 0 saturated carbocycles. The van der Waals surface area contributed by atoms with Crippen molar-refractivity contribution in [2.45, 2.75) is 12.8 Å². The number of rotatable bonds is 5. The van der Waals surface area contributed by atoms with Crippen LogP contribution in [0.25, 0.3) is 0 Å². The highest BCUT2D eigenvalue weighted by Crippen LogP contribution is 2.26. The van der Waals surface area contributed by atoms with E-state index in [4.69, 9.17) is 9.84 Å². The molecule has 1 N–H and O–H groups in total. The van der Waals surface area contributed by atoms with Gasteiger partial charge in [-0.3, -0.25) is 4.79 Å². The van der Waals surface area contributed by atoms with Crippen molar-refractivity contribution < 1.29 is 14.6 Å². The predicted molar refractivity (Wildman–Crippen MR) is 62.7 cm³/mol. The molecule has 4 heteroatoms. The minimum Gasteiger partial charge on any atom is -0.495 e. The summed E-state index contributed by atoms with van der Waals surface area (Å²) in [5.74, 6) is 0.640. The third-order valence-electron chi connectivity index (χ3n) is 2.37. The third-order valence-corrected chi connectivity index (χ3v) is 2.37. The lowest BCUT2D eigenvalue weighted by atomic mass is 10.2. The van der Waals surface area contributed by atoms with Crippen LogP contribution in [0.4, 0.5) is 5.69 Å². The summed E-state index contributed by atoms with van der Waals surface area (Å²) in [6, 6.07) is 7.35. The van der Waals surface area contributed by atoms with Gasteiger partial charge < -0.3 is 14.7 Å². The van der Waals surface area contributed by atoms with Crippen LogP contribution in [0.3, 0.4) is 0 Å². The van der Waals surface area contributed by atoms with E-state index in [1.807, 2.05) is 24.3 Å². The minimum absolute atomic E-state index is 0.0291. The first-order valence-corrected chi connectivity index (χ1v) is 5.21. The van der Waals surface area contributed by atoms with Crippen molar-refractivity contribution in [3.8, 4) is 5.75 Å². The van der Waals surface area contributed by atoms with Gasteiger partial charge in [-0.05, 0) is 18.6 Å². The van der Waals surface area contributed by atoms with E-state index in [1.165, 1.54) is 0 Å². The summed E-state index contributed by atoms with van der Waals surface area (Å²) < 4.78 is 5.18. The highest BCUT2D eigenvalue weighted by molar-refractivity contribution is 5.94. The first kappa shape index (κ1) is 12.5. The average molecular weight is 223 g/mol. The van der Waals surface area contributed by atoms with Gasteiger partial charge in [-0.15, -0.1) is 0 Å². The molecule has 0 radical (unpaired) electrons. The van der Waals surface area contributed by atoms with E-state index < -0.39 is 0 Å². The first-order chi connectivity index (χ1) is 7.70. The fourth-order valence-electron chi connectivity index (χ4n) is 1.44. The highest BCUT2D eigenvalue weighted by atomic mass is 16.5.